The lowest BCUT2D eigenvalue weighted by Gasteiger charge is -2.29. The molecule has 0 saturated carbocycles. The van der Waals surface area contributed by atoms with Gasteiger partial charge in [0, 0.05) is 11.3 Å². The molecule has 3 aromatic carbocycles. The summed E-state index contributed by atoms with van der Waals surface area (Å²) >= 11 is 0. The Morgan fingerprint density at radius 1 is 0.971 bits per heavy atom. The molecule has 0 bridgehead atoms. The van der Waals surface area contributed by atoms with Crippen LogP contribution in [-0.4, -0.2) is 30.4 Å². The lowest BCUT2D eigenvalue weighted by molar-refractivity contribution is -0.122. The molecule has 4 rings (SSSR count). The van der Waals surface area contributed by atoms with Gasteiger partial charge in [-0.3, -0.25) is 19.3 Å². The fourth-order valence-corrected chi connectivity index (χ4v) is 3.80. The molecular weight excluding hydrogens is 442 g/mol. The van der Waals surface area contributed by atoms with Crippen LogP contribution in [0.4, 0.5) is 17.1 Å². The number of rotatable bonds is 5. The van der Waals surface area contributed by atoms with E-state index in [9.17, 15) is 14.4 Å². The van der Waals surface area contributed by atoms with Crippen molar-refractivity contribution in [1.29, 1.82) is 0 Å². The van der Waals surface area contributed by atoms with Crippen molar-refractivity contribution in [2.75, 3.05) is 22.1 Å². The number of benzene rings is 3. The summed E-state index contributed by atoms with van der Waals surface area (Å²) in [6.07, 6.45) is -0.708. The molecule has 0 fully saturated rings. The zero-order valence-corrected chi connectivity index (χ0v) is 20.3. The number of carbonyl (C=O) groups is 3. The quantitative estimate of drug-likeness (QED) is 0.549. The van der Waals surface area contributed by atoms with Gasteiger partial charge in [-0.25, -0.2) is 0 Å². The van der Waals surface area contributed by atoms with Gasteiger partial charge >= 0.3 is 0 Å². The molecule has 3 amide bonds. The van der Waals surface area contributed by atoms with Crippen LogP contribution in [0.3, 0.4) is 0 Å². The molecule has 0 spiro atoms. The first-order chi connectivity index (χ1) is 16.6. The van der Waals surface area contributed by atoms with E-state index in [1.54, 1.807) is 49.4 Å². The zero-order valence-electron chi connectivity index (χ0n) is 20.3. The second-order valence-electron chi connectivity index (χ2n) is 9.56. The molecule has 0 radical (unpaired) electrons. The molecule has 7 nitrogen and oxygen atoms in total. The molecule has 7 heteroatoms. The minimum Gasteiger partial charge on any atom is -0.481 e. The fourth-order valence-electron chi connectivity index (χ4n) is 3.80. The summed E-state index contributed by atoms with van der Waals surface area (Å²) in [5.74, 6) is -0.221. The molecule has 1 unspecified atom stereocenters. The van der Waals surface area contributed by atoms with Gasteiger partial charge in [0.2, 0.25) is 5.91 Å². The van der Waals surface area contributed by atoms with Crippen LogP contribution in [0, 0.1) is 0 Å². The number of hydrogen-bond acceptors (Lipinski definition) is 4. The van der Waals surface area contributed by atoms with E-state index < -0.39 is 6.10 Å². The molecule has 1 heterocycles. The Kier molecular flexibility index (Phi) is 6.60. The number of ether oxygens (including phenoxy) is 1. The molecule has 1 atom stereocenters. The number of nitrogens with one attached hydrogen (secondary N) is 2. The highest BCUT2D eigenvalue weighted by atomic mass is 16.5. The third kappa shape index (κ3) is 5.51. The van der Waals surface area contributed by atoms with Crippen molar-refractivity contribution < 1.29 is 19.1 Å². The first-order valence-corrected chi connectivity index (χ1v) is 11.5. The first-order valence-electron chi connectivity index (χ1n) is 11.5. The molecular formula is C28H29N3O4. The third-order valence-electron chi connectivity index (χ3n) is 5.82. The highest BCUT2D eigenvalue weighted by Crippen LogP contribution is 2.30. The maximum Gasteiger partial charge on any atom is 0.265 e. The van der Waals surface area contributed by atoms with Crippen molar-refractivity contribution >= 4 is 34.8 Å². The Balaban J connectivity index is 1.39. The Morgan fingerprint density at radius 2 is 1.63 bits per heavy atom. The molecule has 2 N–H and O–H groups in total. The largest absolute Gasteiger partial charge is 0.481 e. The normalized spacial score (nSPS) is 13.9. The number of nitrogens with zero attached hydrogens (tertiary/aromatic N) is 1. The van der Waals surface area contributed by atoms with E-state index in [0.717, 1.165) is 0 Å². The van der Waals surface area contributed by atoms with Gasteiger partial charge in [0.25, 0.3) is 11.8 Å². The smallest absolute Gasteiger partial charge is 0.265 e. The van der Waals surface area contributed by atoms with E-state index in [2.05, 4.69) is 31.4 Å². The lowest BCUT2D eigenvalue weighted by atomic mass is 9.87. The minimum atomic E-state index is -0.708. The number of amides is 3. The molecule has 0 aliphatic carbocycles. The first kappa shape index (κ1) is 24.0. The average Bonchev–Trinajstić information content (AvgIpc) is 2.83. The van der Waals surface area contributed by atoms with E-state index in [1.165, 1.54) is 10.5 Å². The summed E-state index contributed by atoms with van der Waals surface area (Å²) < 4.78 is 5.79. The molecule has 1 aliphatic rings. The molecule has 35 heavy (non-hydrogen) atoms. The number of carbonyl (C=O) groups excluding carboxylic acids is 3. The van der Waals surface area contributed by atoms with Gasteiger partial charge in [0.1, 0.15) is 12.3 Å². The van der Waals surface area contributed by atoms with Crippen LogP contribution in [0.2, 0.25) is 0 Å². The second kappa shape index (κ2) is 9.62. The molecule has 0 saturated heterocycles. The SMILES string of the molecule is CC(Oc1ccc(C(C)(C)C)cc1)C(=O)Nc1ccc(C(=O)N2CC(=O)Nc3ccccc32)cc1. The van der Waals surface area contributed by atoms with E-state index in [1.807, 2.05) is 30.3 Å². The Morgan fingerprint density at radius 3 is 2.29 bits per heavy atom. The van der Waals surface area contributed by atoms with E-state index in [0.29, 0.717) is 28.4 Å². The van der Waals surface area contributed by atoms with Gasteiger partial charge < -0.3 is 15.4 Å². The van der Waals surface area contributed by atoms with Crippen LogP contribution in [0.1, 0.15) is 43.6 Å². The summed E-state index contributed by atoms with van der Waals surface area (Å²) in [5.41, 5.74) is 3.43. The molecule has 180 valence electrons. The monoisotopic (exact) mass is 471 g/mol. The summed E-state index contributed by atoms with van der Waals surface area (Å²) in [6.45, 7) is 8.05. The number of hydrogen-bond donors (Lipinski definition) is 2. The highest BCUT2D eigenvalue weighted by Gasteiger charge is 2.27. The van der Waals surface area contributed by atoms with Gasteiger partial charge in [0.05, 0.1) is 11.4 Å². The molecule has 1 aliphatic heterocycles. The van der Waals surface area contributed by atoms with Crippen molar-refractivity contribution in [3.63, 3.8) is 0 Å². The van der Waals surface area contributed by atoms with Gasteiger partial charge in [-0.1, -0.05) is 45.0 Å². The van der Waals surface area contributed by atoms with Gasteiger partial charge in [-0.15, -0.1) is 0 Å². The van der Waals surface area contributed by atoms with E-state index in [-0.39, 0.29) is 29.7 Å². The van der Waals surface area contributed by atoms with Crippen LogP contribution in [-0.2, 0) is 15.0 Å². The number of anilines is 3. The standard InChI is InChI=1S/C28H29N3O4/c1-18(35-22-15-11-20(12-16-22)28(2,3)4)26(33)29-21-13-9-19(10-14-21)27(34)31-17-25(32)30-23-7-5-6-8-24(23)31/h5-16,18H,17H2,1-4H3,(H,29,33)(H,30,32). The predicted octanol–water partition coefficient (Wildman–Crippen LogP) is 4.99. The van der Waals surface area contributed by atoms with Gasteiger partial charge in [-0.05, 0) is 66.4 Å². The van der Waals surface area contributed by atoms with Crippen molar-refractivity contribution in [2.24, 2.45) is 0 Å². The van der Waals surface area contributed by atoms with Crippen LogP contribution in [0.15, 0.2) is 72.8 Å². The van der Waals surface area contributed by atoms with Crippen molar-refractivity contribution in [1.82, 2.24) is 0 Å². The average molecular weight is 472 g/mol. The lowest BCUT2D eigenvalue weighted by Crippen LogP contribution is -2.42. The van der Waals surface area contributed by atoms with Gasteiger partial charge in [-0.2, -0.15) is 0 Å². The van der Waals surface area contributed by atoms with Crippen molar-refractivity contribution in [3.8, 4) is 5.75 Å². The van der Waals surface area contributed by atoms with Crippen LogP contribution in [0.25, 0.3) is 0 Å². The fraction of sp³-hybridized carbons (Fsp3) is 0.250. The van der Waals surface area contributed by atoms with Crippen LogP contribution < -0.4 is 20.3 Å². The molecule has 3 aromatic rings. The highest BCUT2D eigenvalue weighted by molar-refractivity contribution is 6.15. The summed E-state index contributed by atoms with van der Waals surface area (Å²) in [4.78, 5) is 39.2. The van der Waals surface area contributed by atoms with Crippen LogP contribution in [0.5, 0.6) is 5.75 Å². The second-order valence-corrected chi connectivity index (χ2v) is 9.56. The van der Waals surface area contributed by atoms with E-state index >= 15 is 0 Å². The van der Waals surface area contributed by atoms with Crippen LogP contribution >= 0.6 is 0 Å². The maximum absolute atomic E-state index is 13.1. The summed E-state index contributed by atoms with van der Waals surface area (Å²) in [5, 5.41) is 5.58. The Hall–Kier alpha value is -4.13. The Labute approximate surface area is 205 Å². The zero-order chi connectivity index (χ0) is 25.2. The topological polar surface area (TPSA) is 87.7 Å². The van der Waals surface area contributed by atoms with Crippen molar-refractivity contribution in [3.05, 3.63) is 83.9 Å². The molecule has 0 aromatic heterocycles. The summed E-state index contributed by atoms with van der Waals surface area (Å²) in [6, 6.07) is 21.5. The Bertz CT molecular complexity index is 1240. The third-order valence-corrected chi connectivity index (χ3v) is 5.82. The number of fused-ring (bicyclic) bond motifs is 1. The maximum atomic E-state index is 13.1. The summed E-state index contributed by atoms with van der Waals surface area (Å²) in [7, 11) is 0. The van der Waals surface area contributed by atoms with E-state index in [4.69, 9.17) is 4.74 Å². The minimum absolute atomic E-state index is 0.0405. The predicted molar refractivity (Wildman–Crippen MR) is 137 cm³/mol. The van der Waals surface area contributed by atoms with Gasteiger partial charge in [0.15, 0.2) is 6.10 Å². The number of para-hydroxylation sites is 2. The van der Waals surface area contributed by atoms with Crippen molar-refractivity contribution in [2.45, 2.75) is 39.2 Å².